The minimum Gasteiger partial charge on any atom is -0.370 e. The molecule has 5 fully saturated rings. The van der Waals surface area contributed by atoms with E-state index in [1.165, 1.54) is 37.7 Å². The van der Waals surface area contributed by atoms with Crippen LogP contribution in [0.3, 0.4) is 0 Å². The number of ketones is 1. The predicted molar refractivity (Wildman–Crippen MR) is 143 cm³/mol. The normalized spacial score (nSPS) is 49.5. The second kappa shape index (κ2) is 8.29. The SMILES string of the molecule is C=C(C)[C@@H]1CC[C@]2(/C=C/C(=O)ON)CC[C@]3(C)C(CCC4[C@@]5(C)CCC(=O)C(C)(C)C5CC[C@]43C)C12. The highest BCUT2D eigenvalue weighted by Crippen LogP contribution is 2.77. The number of carbonyl (C=O) groups is 2. The number of hydrogen-bond donors (Lipinski definition) is 1. The number of Topliss-reactive ketones (excluding diaryl/α,β-unsaturated/α-hetero) is 1. The van der Waals surface area contributed by atoms with E-state index in [9.17, 15) is 9.59 Å². The van der Waals surface area contributed by atoms with Crippen LogP contribution in [0, 0.1) is 56.7 Å². The Hall–Kier alpha value is -1.42. The first-order valence-electron chi connectivity index (χ1n) is 14.6. The second-order valence-electron chi connectivity index (χ2n) is 14.8. The van der Waals surface area contributed by atoms with Gasteiger partial charge in [0.1, 0.15) is 5.78 Å². The quantitative estimate of drug-likeness (QED) is 0.256. The Bertz CT molecular complexity index is 997. The van der Waals surface area contributed by atoms with Crippen LogP contribution in [0.5, 0.6) is 0 Å². The first-order chi connectivity index (χ1) is 16.8. The smallest absolute Gasteiger partial charge is 0.348 e. The van der Waals surface area contributed by atoms with E-state index in [1.807, 2.05) is 0 Å². The molecule has 5 aliphatic carbocycles. The lowest BCUT2D eigenvalue weighted by molar-refractivity contribution is -0.230. The zero-order chi connectivity index (χ0) is 26.3. The average Bonchev–Trinajstić information content (AvgIpc) is 3.21. The lowest BCUT2D eigenvalue weighted by atomic mass is 9.32. The van der Waals surface area contributed by atoms with Crippen molar-refractivity contribution in [3.05, 3.63) is 24.3 Å². The van der Waals surface area contributed by atoms with Gasteiger partial charge in [0.25, 0.3) is 0 Å². The van der Waals surface area contributed by atoms with Crippen molar-refractivity contribution in [1.29, 1.82) is 0 Å². The largest absolute Gasteiger partial charge is 0.370 e. The molecule has 9 atom stereocenters. The van der Waals surface area contributed by atoms with E-state index in [1.54, 1.807) is 6.08 Å². The Morgan fingerprint density at radius 2 is 1.67 bits per heavy atom. The molecule has 0 aromatic carbocycles. The molecule has 5 rings (SSSR count). The highest BCUT2D eigenvalue weighted by molar-refractivity contribution is 5.85. The fraction of sp³-hybridized carbons (Fsp3) is 0.812. The molecule has 0 aromatic rings. The molecule has 0 saturated heterocycles. The molecule has 0 amide bonds. The molecule has 4 nitrogen and oxygen atoms in total. The third-order valence-corrected chi connectivity index (χ3v) is 13.5. The van der Waals surface area contributed by atoms with Gasteiger partial charge in [0.2, 0.25) is 0 Å². The van der Waals surface area contributed by atoms with Crippen molar-refractivity contribution in [2.24, 2.45) is 62.6 Å². The molecule has 0 spiro atoms. The zero-order valence-corrected chi connectivity index (χ0v) is 23.6. The second-order valence-corrected chi connectivity index (χ2v) is 14.8. The number of rotatable bonds is 3. The van der Waals surface area contributed by atoms with Gasteiger partial charge in [-0.15, -0.1) is 0 Å². The Labute approximate surface area is 218 Å². The summed E-state index contributed by atoms with van der Waals surface area (Å²) in [5.74, 6) is 8.00. The molecule has 0 radical (unpaired) electrons. The summed E-state index contributed by atoms with van der Waals surface area (Å²) in [7, 11) is 0. The van der Waals surface area contributed by atoms with Crippen LogP contribution in [0.25, 0.3) is 0 Å². The standard InChI is InChI=1S/C32H49NO3/c1-20(2)21-10-16-32(17-13-26(35)36-33)19-18-30(6)22(27(21)32)8-9-24-29(5)14-12-25(34)28(3,4)23(29)11-15-31(24,30)7/h13,17,21-24,27H,1,8-12,14-16,18-19,33H2,2-7H3/b17-13+/t21-,22?,23?,24?,27?,29-,30+,31+,32-/m0/s1. The van der Waals surface area contributed by atoms with Crippen LogP contribution >= 0.6 is 0 Å². The van der Waals surface area contributed by atoms with Crippen LogP contribution in [-0.4, -0.2) is 11.8 Å². The Kier molecular flexibility index (Phi) is 6.03. The molecule has 0 aliphatic heterocycles. The van der Waals surface area contributed by atoms with Crippen molar-refractivity contribution in [2.75, 3.05) is 0 Å². The van der Waals surface area contributed by atoms with Crippen LogP contribution in [0.2, 0.25) is 0 Å². The van der Waals surface area contributed by atoms with Crippen LogP contribution in [0.15, 0.2) is 24.3 Å². The number of allylic oxidation sites excluding steroid dienone is 2. The number of hydrogen-bond acceptors (Lipinski definition) is 4. The van der Waals surface area contributed by atoms with Gasteiger partial charge in [0, 0.05) is 17.9 Å². The highest BCUT2D eigenvalue weighted by Gasteiger charge is 2.70. The van der Waals surface area contributed by atoms with Crippen LogP contribution in [0.1, 0.15) is 106 Å². The van der Waals surface area contributed by atoms with Gasteiger partial charge in [-0.05, 0) is 116 Å². The fourth-order valence-electron chi connectivity index (χ4n) is 11.6. The van der Waals surface area contributed by atoms with Crippen LogP contribution < -0.4 is 5.90 Å². The molecule has 2 N–H and O–H groups in total. The zero-order valence-electron chi connectivity index (χ0n) is 23.6. The van der Waals surface area contributed by atoms with Gasteiger partial charge in [0.05, 0.1) is 0 Å². The highest BCUT2D eigenvalue weighted by atomic mass is 16.7. The van der Waals surface area contributed by atoms with Crippen molar-refractivity contribution in [3.8, 4) is 0 Å². The van der Waals surface area contributed by atoms with E-state index >= 15 is 0 Å². The maximum Gasteiger partial charge on any atom is 0.348 e. The van der Waals surface area contributed by atoms with Crippen molar-refractivity contribution < 1.29 is 14.4 Å². The number of carbonyl (C=O) groups excluding carboxylic acids is 2. The lowest BCUT2D eigenvalue weighted by Crippen LogP contribution is -2.66. The molecule has 0 aromatic heterocycles. The van der Waals surface area contributed by atoms with Crippen LogP contribution in [0.4, 0.5) is 0 Å². The summed E-state index contributed by atoms with van der Waals surface area (Å²) in [5, 5.41) is 0. The van der Waals surface area contributed by atoms with E-state index in [0.29, 0.717) is 35.4 Å². The minimum atomic E-state index is -0.452. The average molecular weight is 496 g/mol. The summed E-state index contributed by atoms with van der Waals surface area (Å²) in [4.78, 5) is 29.5. The molecule has 0 bridgehead atoms. The summed E-state index contributed by atoms with van der Waals surface area (Å²) in [6, 6.07) is 0. The van der Waals surface area contributed by atoms with Gasteiger partial charge in [-0.3, -0.25) is 4.79 Å². The van der Waals surface area contributed by atoms with Crippen LogP contribution in [-0.2, 0) is 14.4 Å². The Morgan fingerprint density at radius 1 is 0.944 bits per heavy atom. The van der Waals surface area contributed by atoms with Gasteiger partial charge in [0.15, 0.2) is 0 Å². The maximum atomic E-state index is 13.0. The van der Waals surface area contributed by atoms with Gasteiger partial charge in [-0.25, -0.2) is 4.79 Å². The molecular weight excluding hydrogens is 446 g/mol. The van der Waals surface area contributed by atoms with Crippen molar-refractivity contribution in [1.82, 2.24) is 0 Å². The number of nitrogens with two attached hydrogens (primary N) is 1. The summed E-state index contributed by atoms with van der Waals surface area (Å²) in [6.07, 6.45) is 15.1. The van der Waals surface area contributed by atoms with E-state index < -0.39 is 5.97 Å². The van der Waals surface area contributed by atoms with Gasteiger partial charge in [-0.1, -0.05) is 52.8 Å². The van der Waals surface area contributed by atoms with Crippen molar-refractivity contribution in [3.63, 3.8) is 0 Å². The van der Waals surface area contributed by atoms with E-state index in [-0.39, 0.29) is 27.1 Å². The maximum absolute atomic E-state index is 13.0. The minimum absolute atomic E-state index is 0.0333. The Morgan fingerprint density at radius 3 is 2.33 bits per heavy atom. The van der Waals surface area contributed by atoms with Gasteiger partial charge in [-0.2, -0.15) is 5.90 Å². The first-order valence-corrected chi connectivity index (χ1v) is 14.6. The fourth-order valence-corrected chi connectivity index (χ4v) is 11.6. The molecule has 36 heavy (non-hydrogen) atoms. The van der Waals surface area contributed by atoms with Gasteiger partial charge >= 0.3 is 5.97 Å². The van der Waals surface area contributed by atoms with Crippen molar-refractivity contribution >= 4 is 11.8 Å². The summed E-state index contributed by atoms with van der Waals surface area (Å²) in [5.41, 5.74) is 1.89. The summed E-state index contributed by atoms with van der Waals surface area (Å²) >= 11 is 0. The summed E-state index contributed by atoms with van der Waals surface area (Å²) < 4.78 is 0. The van der Waals surface area contributed by atoms with E-state index in [2.05, 4.69) is 59.0 Å². The monoisotopic (exact) mass is 495 g/mol. The first kappa shape index (κ1) is 26.2. The molecule has 0 heterocycles. The number of fused-ring (bicyclic) bond motifs is 7. The third kappa shape index (κ3) is 3.28. The van der Waals surface area contributed by atoms with E-state index in [0.717, 1.165) is 32.1 Å². The summed E-state index contributed by atoms with van der Waals surface area (Å²) in [6.45, 7) is 18.9. The topological polar surface area (TPSA) is 69.4 Å². The molecule has 5 saturated carbocycles. The molecule has 4 unspecified atom stereocenters. The molecular formula is C32H49NO3. The lowest BCUT2D eigenvalue weighted by Gasteiger charge is -2.72. The predicted octanol–water partition coefficient (Wildman–Crippen LogP) is 7.19. The van der Waals surface area contributed by atoms with E-state index in [4.69, 9.17) is 5.90 Å². The molecule has 5 aliphatic rings. The molecule has 4 heteroatoms. The molecule has 200 valence electrons. The van der Waals surface area contributed by atoms with Crippen molar-refractivity contribution in [2.45, 2.75) is 106 Å². The Balaban J connectivity index is 1.55. The third-order valence-electron chi connectivity index (χ3n) is 13.5. The van der Waals surface area contributed by atoms with Gasteiger partial charge < -0.3 is 4.84 Å².